The molecule has 0 aliphatic carbocycles. The number of nitrogens with one attached hydrogen (secondary N) is 1. The number of halogens is 1. The molecule has 1 amide bonds. The molecule has 2 atom stereocenters. The first-order valence-corrected chi connectivity index (χ1v) is 7.62. The van der Waals surface area contributed by atoms with E-state index in [4.69, 9.17) is 10.6 Å². The number of nitriles is 2. The van der Waals surface area contributed by atoms with Gasteiger partial charge in [0.25, 0.3) is 0 Å². The van der Waals surface area contributed by atoms with E-state index in [1.54, 1.807) is 6.92 Å². The van der Waals surface area contributed by atoms with Gasteiger partial charge in [-0.1, -0.05) is 19.0 Å². The van der Waals surface area contributed by atoms with Crippen LogP contribution in [0.2, 0.25) is 0 Å². The van der Waals surface area contributed by atoms with Crippen LogP contribution < -0.4 is 11.1 Å². The Labute approximate surface area is 137 Å². The van der Waals surface area contributed by atoms with Gasteiger partial charge in [0.15, 0.2) is 5.41 Å². The summed E-state index contributed by atoms with van der Waals surface area (Å²) in [6, 6.07) is 3.92. The van der Waals surface area contributed by atoms with E-state index >= 15 is 0 Å². The van der Waals surface area contributed by atoms with E-state index in [1.807, 2.05) is 26.0 Å². The largest absolute Gasteiger partial charge is 0.370 e. The third-order valence-electron chi connectivity index (χ3n) is 4.28. The van der Waals surface area contributed by atoms with Gasteiger partial charge in [0.05, 0.1) is 27.7 Å². The molecule has 0 aromatic rings. The average molecular weight is 368 g/mol. The lowest BCUT2D eigenvalue weighted by Gasteiger charge is -2.50. The van der Waals surface area contributed by atoms with Crippen molar-refractivity contribution >= 4 is 28.1 Å². The van der Waals surface area contributed by atoms with Gasteiger partial charge in [0, 0.05) is 6.21 Å². The summed E-state index contributed by atoms with van der Waals surface area (Å²) in [5, 5.41) is 26.0. The molecule has 0 radical (unpaired) electrons. The highest BCUT2D eigenvalue weighted by atomic mass is 79.9. The molecule has 1 aliphatic heterocycles. The van der Waals surface area contributed by atoms with E-state index in [0.717, 1.165) is 0 Å². The minimum Gasteiger partial charge on any atom is -0.370 e. The fraction of sp³-hybridized carbons (Fsp3) is 0.571. The number of rotatable bonds is 5. The van der Waals surface area contributed by atoms with E-state index in [2.05, 4.69) is 26.4 Å². The maximum atomic E-state index is 12.2. The standard InChI is InChI=1S/C14H18BrN5O2/c1-4-13(5-2)12(22-19-6-3)20-10(15)9(7-16)14(13,8-17)11(18)21/h6,12,20H,4-5H2,1-3H3,(H2,18,21). The first kappa shape index (κ1) is 18.0. The van der Waals surface area contributed by atoms with Crippen LogP contribution >= 0.6 is 15.9 Å². The second kappa shape index (κ2) is 6.80. The van der Waals surface area contributed by atoms with Gasteiger partial charge in [0.1, 0.15) is 0 Å². The molecule has 1 heterocycles. The summed E-state index contributed by atoms with van der Waals surface area (Å²) >= 11 is 3.20. The first-order valence-electron chi connectivity index (χ1n) is 6.83. The maximum absolute atomic E-state index is 12.2. The lowest BCUT2D eigenvalue weighted by atomic mass is 9.55. The summed E-state index contributed by atoms with van der Waals surface area (Å²) < 4.78 is 0.212. The zero-order valence-corrected chi connectivity index (χ0v) is 14.3. The summed E-state index contributed by atoms with van der Waals surface area (Å²) in [5.41, 5.74) is 2.71. The average Bonchev–Trinajstić information content (AvgIpc) is 2.51. The minimum absolute atomic E-state index is 0.0356. The third-order valence-corrected chi connectivity index (χ3v) is 4.91. The van der Waals surface area contributed by atoms with Gasteiger partial charge in [-0.15, -0.1) is 0 Å². The molecular weight excluding hydrogens is 350 g/mol. The Balaban J connectivity index is 3.76. The van der Waals surface area contributed by atoms with E-state index < -0.39 is 23.0 Å². The fourth-order valence-electron chi connectivity index (χ4n) is 3.06. The van der Waals surface area contributed by atoms with Crippen molar-refractivity contribution in [1.82, 2.24) is 5.32 Å². The van der Waals surface area contributed by atoms with Crippen molar-refractivity contribution in [3.8, 4) is 12.1 Å². The van der Waals surface area contributed by atoms with Crippen molar-refractivity contribution in [3.63, 3.8) is 0 Å². The van der Waals surface area contributed by atoms with Gasteiger partial charge < -0.3 is 15.9 Å². The molecule has 0 aromatic carbocycles. The van der Waals surface area contributed by atoms with Crippen LogP contribution in [-0.2, 0) is 9.63 Å². The number of hydrogen-bond acceptors (Lipinski definition) is 6. The molecule has 7 nitrogen and oxygen atoms in total. The van der Waals surface area contributed by atoms with Gasteiger partial charge in [-0.25, -0.2) is 0 Å². The van der Waals surface area contributed by atoms with Crippen molar-refractivity contribution in [2.45, 2.75) is 39.8 Å². The monoisotopic (exact) mass is 367 g/mol. The Morgan fingerprint density at radius 3 is 2.50 bits per heavy atom. The Morgan fingerprint density at radius 2 is 2.14 bits per heavy atom. The number of nitrogens with two attached hydrogens (primary N) is 1. The van der Waals surface area contributed by atoms with Crippen LogP contribution in [0.3, 0.4) is 0 Å². The lowest BCUT2D eigenvalue weighted by Crippen LogP contribution is -2.63. The van der Waals surface area contributed by atoms with Crippen molar-refractivity contribution in [3.05, 3.63) is 10.2 Å². The number of amides is 1. The van der Waals surface area contributed by atoms with Gasteiger partial charge in [0.2, 0.25) is 12.1 Å². The molecule has 8 heteroatoms. The number of oxime groups is 1. The maximum Gasteiger partial charge on any atom is 0.244 e. The van der Waals surface area contributed by atoms with Crippen LogP contribution in [-0.4, -0.2) is 18.3 Å². The molecule has 0 saturated heterocycles. The van der Waals surface area contributed by atoms with Crippen LogP contribution in [0.4, 0.5) is 0 Å². The number of nitrogens with zero attached hydrogens (tertiary/aromatic N) is 3. The summed E-state index contributed by atoms with van der Waals surface area (Å²) in [5.74, 6) is -0.872. The van der Waals surface area contributed by atoms with Gasteiger partial charge in [-0.3, -0.25) is 4.79 Å². The highest BCUT2D eigenvalue weighted by Crippen LogP contribution is 2.55. The van der Waals surface area contributed by atoms with E-state index in [9.17, 15) is 15.3 Å². The van der Waals surface area contributed by atoms with Crippen LogP contribution in [0.1, 0.15) is 33.6 Å². The van der Waals surface area contributed by atoms with Gasteiger partial charge >= 0.3 is 0 Å². The van der Waals surface area contributed by atoms with Crippen LogP contribution in [0.15, 0.2) is 15.3 Å². The van der Waals surface area contributed by atoms with E-state index in [1.165, 1.54) is 6.21 Å². The molecule has 118 valence electrons. The topological polar surface area (TPSA) is 124 Å². The third kappa shape index (κ3) is 2.24. The Morgan fingerprint density at radius 1 is 1.55 bits per heavy atom. The molecule has 22 heavy (non-hydrogen) atoms. The molecule has 0 fully saturated rings. The normalized spacial score (nSPS) is 26.9. The fourth-order valence-corrected chi connectivity index (χ4v) is 3.65. The summed E-state index contributed by atoms with van der Waals surface area (Å²) in [4.78, 5) is 17.7. The number of carbonyl (C=O) groups excluding carboxylic acids is 1. The van der Waals surface area contributed by atoms with E-state index in [-0.39, 0.29) is 10.2 Å². The molecule has 1 rings (SSSR count). The number of carbonyl (C=O) groups is 1. The van der Waals surface area contributed by atoms with Crippen molar-refractivity contribution in [2.24, 2.45) is 21.7 Å². The molecule has 0 spiro atoms. The molecular formula is C14H18BrN5O2. The predicted molar refractivity (Wildman–Crippen MR) is 84.0 cm³/mol. The molecule has 0 bridgehead atoms. The molecule has 1 aliphatic rings. The molecule has 0 saturated carbocycles. The Hall–Kier alpha value is -2.06. The van der Waals surface area contributed by atoms with E-state index in [0.29, 0.717) is 12.8 Å². The highest BCUT2D eigenvalue weighted by Gasteiger charge is 2.65. The lowest BCUT2D eigenvalue weighted by molar-refractivity contribution is -0.145. The quantitative estimate of drug-likeness (QED) is 0.435. The van der Waals surface area contributed by atoms with Crippen LogP contribution in [0.5, 0.6) is 0 Å². The summed E-state index contributed by atoms with van der Waals surface area (Å²) in [7, 11) is 0. The second-order valence-electron chi connectivity index (χ2n) is 4.88. The van der Waals surface area contributed by atoms with Gasteiger partial charge in [-0.05, 0) is 35.7 Å². The molecule has 3 N–H and O–H groups in total. The highest BCUT2D eigenvalue weighted by molar-refractivity contribution is 9.11. The summed E-state index contributed by atoms with van der Waals surface area (Å²) in [6.45, 7) is 5.32. The SMILES string of the molecule is CC=NOC1NC(Br)=C(C#N)C(C#N)(C(N)=O)C1(CC)CC. The van der Waals surface area contributed by atoms with Crippen molar-refractivity contribution in [2.75, 3.05) is 0 Å². The van der Waals surface area contributed by atoms with Crippen LogP contribution in [0.25, 0.3) is 0 Å². The van der Waals surface area contributed by atoms with Gasteiger partial charge in [-0.2, -0.15) is 10.5 Å². The smallest absolute Gasteiger partial charge is 0.244 e. The van der Waals surface area contributed by atoms with Crippen molar-refractivity contribution < 1.29 is 9.63 Å². The Bertz CT molecular complexity index is 597. The zero-order valence-electron chi connectivity index (χ0n) is 12.7. The summed E-state index contributed by atoms with van der Waals surface area (Å²) in [6.07, 6.45) is 1.45. The van der Waals surface area contributed by atoms with Crippen LogP contribution in [0, 0.1) is 33.5 Å². The molecule has 0 aromatic heterocycles. The minimum atomic E-state index is -1.80. The second-order valence-corrected chi connectivity index (χ2v) is 5.68. The predicted octanol–water partition coefficient (Wildman–Crippen LogP) is 1.87. The molecule has 2 unspecified atom stereocenters. The van der Waals surface area contributed by atoms with Crippen molar-refractivity contribution in [1.29, 1.82) is 10.5 Å². The Kier molecular flexibility index (Phi) is 5.56. The zero-order chi connectivity index (χ0) is 17.0. The number of hydrogen-bond donors (Lipinski definition) is 2. The number of primary amides is 1. The first-order chi connectivity index (χ1) is 10.4.